The molecule has 0 radical (unpaired) electrons. The van der Waals surface area contributed by atoms with Crippen LogP contribution in [0.4, 0.5) is 0 Å². The standard InChI is InChI=1S/C25H33N3O2S/c1-16-8-10-20(11-9-16)24-26-18(3)22(31-24)25(30)28-14-12-19(13-15-28)17(2)23(29)27-21-6-4-5-7-21/h8-11,17,19,21H,4-7,12-15H2,1-3H3,(H,27,29)/t17-/m0/s1. The molecule has 2 fully saturated rings. The summed E-state index contributed by atoms with van der Waals surface area (Å²) >= 11 is 1.48. The first-order valence-corrected chi connectivity index (χ1v) is 12.4. The lowest BCUT2D eigenvalue weighted by atomic mass is 9.84. The Bertz CT molecular complexity index is 923. The van der Waals surface area contributed by atoms with Crippen LogP contribution >= 0.6 is 11.3 Å². The van der Waals surface area contributed by atoms with Gasteiger partial charge in [0.25, 0.3) is 5.91 Å². The van der Waals surface area contributed by atoms with Crippen LogP contribution in [0.15, 0.2) is 24.3 Å². The molecule has 166 valence electrons. The van der Waals surface area contributed by atoms with E-state index in [1.807, 2.05) is 18.7 Å². The average Bonchev–Trinajstić information content (AvgIpc) is 3.43. The number of benzene rings is 1. The molecular weight excluding hydrogens is 406 g/mol. The zero-order chi connectivity index (χ0) is 22.0. The van der Waals surface area contributed by atoms with Crippen LogP contribution in [0, 0.1) is 25.7 Å². The zero-order valence-corrected chi connectivity index (χ0v) is 19.6. The molecule has 1 saturated heterocycles. The quantitative estimate of drug-likeness (QED) is 0.715. The van der Waals surface area contributed by atoms with Gasteiger partial charge >= 0.3 is 0 Å². The van der Waals surface area contributed by atoms with Gasteiger partial charge in [0.1, 0.15) is 9.88 Å². The van der Waals surface area contributed by atoms with Crippen LogP contribution in [0.5, 0.6) is 0 Å². The third-order valence-corrected chi connectivity index (χ3v) is 8.13. The zero-order valence-electron chi connectivity index (χ0n) is 18.8. The lowest BCUT2D eigenvalue weighted by Crippen LogP contribution is -2.44. The fourth-order valence-electron chi connectivity index (χ4n) is 4.78. The normalized spacial score (nSPS) is 18.9. The van der Waals surface area contributed by atoms with Crippen LogP contribution in [0.1, 0.15) is 66.4 Å². The van der Waals surface area contributed by atoms with Gasteiger partial charge in [-0.25, -0.2) is 4.98 Å². The Hall–Kier alpha value is -2.21. The Kier molecular flexibility index (Phi) is 6.75. The number of nitrogens with zero attached hydrogens (tertiary/aromatic N) is 2. The Morgan fingerprint density at radius 2 is 1.71 bits per heavy atom. The van der Waals surface area contributed by atoms with Gasteiger partial charge in [0.05, 0.1) is 5.69 Å². The minimum absolute atomic E-state index is 0.0103. The number of aromatic nitrogens is 1. The van der Waals surface area contributed by atoms with E-state index in [9.17, 15) is 9.59 Å². The first kappa shape index (κ1) is 22.0. The molecule has 1 atom stereocenters. The molecule has 1 saturated carbocycles. The molecule has 1 aromatic heterocycles. The van der Waals surface area contributed by atoms with E-state index < -0.39 is 0 Å². The van der Waals surface area contributed by atoms with Crippen molar-refractivity contribution in [2.45, 2.75) is 65.3 Å². The van der Waals surface area contributed by atoms with Crippen molar-refractivity contribution in [3.8, 4) is 10.6 Å². The van der Waals surface area contributed by atoms with Gasteiger partial charge < -0.3 is 10.2 Å². The van der Waals surface area contributed by atoms with Crippen LogP contribution < -0.4 is 5.32 Å². The first-order valence-electron chi connectivity index (χ1n) is 11.6. The molecule has 0 bridgehead atoms. The van der Waals surface area contributed by atoms with Gasteiger partial charge in [-0.05, 0) is 45.4 Å². The lowest BCUT2D eigenvalue weighted by molar-refractivity contribution is -0.127. The SMILES string of the molecule is Cc1ccc(-c2nc(C)c(C(=O)N3CCC([C@H](C)C(=O)NC4CCCC4)CC3)s2)cc1. The van der Waals surface area contributed by atoms with E-state index in [-0.39, 0.29) is 17.7 Å². The molecule has 0 spiro atoms. The van der Waals surface area contributed by atoms with E-state index >= 15 is 0 Å². The number of likely N-dealkylation sites (tertiary alicyclic amines) is 1. The molecule has 1 aliphatic heterocycles. The summed E-state index contributed by atoms with van der Waals surface area (Å²) in [5.74, 6) is 0.625. The number of piperidine rings is 1. The maximum absolute atomic E-state index is 13.2. The molecule has 1 aromatic carbocycles. The second-order valence-electron chi connectivity index (χ2n) is 9.21. The smallest absolute Gasteiger partial charge is 0.265 e. The molecule has 31 heavy (non-hydrogen) atoms. The van der Waals surface area contributed by atoms with Crippen molar-refractivity contribution in [3.05, 3.63) is 40.4 Å². The topological polar surface area (TPSA) is 62.3 Å². The van der Waals surface area contributed by atoms with Crippen molar-refractivity contribution in [3.63, 3.8) is 0 Å². The highest BCUT2D eigenvalue weighted by Crippen LogP contribution is 2.31. The van der Waals surface area contributed by atoms with Crippen LogP contribution in [0.2, 0.25) is 0 Å². The van der Waals surface area contributed by atoms with E-state index in [1.54, 1.807) is 0 Å². The van der Waals surface area contributed by atoms with Crippen molar-refractivity contribution in [1.29, 1.82) is 0 Å². The minimum atomic E-state index is 0.0103. The highest BCUT2D eigenvalue weighted by molar-refractivity contribution is 7.17. The summed E-state index contributed by atoms with van der Waals surface area (Å²) in [6, 6.07) is 8.63. The molecule has 2 amide bonds. The van der Waals surface area contributed by atoms with E-state index in [0.29, 0.717) is 25.0 Å². The van der Waals surface area contributed by atoms with Crippen molar-refractivity contribution in [2.75, 3.05) is 13.1 Å². The number of hydrogen-bond donors (Lipinski definition) is 1. The molecule has 6 heteroatoms. The second-order valence-corrected chi connectivity index (χ2v) is 10.2. The Morgan fingerprint density at radius 1 is 1.06 bits per heavy atom. The van der Waals surface area contributed by atoms with Gasteiger partial charge in [-0.15, -0.1) is 11.3 Å². The van der Waals surface area contributed by atoms with Crippen LogP contribution in [0.25, 0.3) is 10.6 Å². The molecule has 4 rings (SSSR count). The summed E-state index contributed by atoms with van der Waals surface area (Å²) < 4.78 is 0. The fourth-order valence-corrected chi connectivity index (χ4v) is 5.82. The van der Waals surface area contributed by atoms with Crippen LogP contribution in [-0.2, 0) is 4.79 Å². The van der Waals surface area contributed by atoms with E-state index in [2.05, 4.69) is 41.5 Å². The third kappa shape index (κ3) is 5.00. The number of carbonyl (C=O) groups is 2. The summed E-state index contributed by atoms with van der Waals surface area (Å²) in [6.45, 7) is 7.45. The Labute approximate surface area is 189 Å². The molecule has 1 N–H and O–H groups in total. The average molecular weight is 440 g/mol. The summed E-state index contributed by atoms with van der Waals surface area (Å²) in [6.07, 6.45) is 6.45. The maximum Gasteiger partial charge on any atom is 0.265 e. The molecule has 0 unspecified atom stereocenters. The second kappa shape index (κ2) is 9.51. The monoisotopic (exact) mass is 439 g/mol. The number of thiazole rings is 1. The predicted octanol–water partition coefficient (Wildman–Crippen LogP) is 4.97. The largest absolute Gasteiger partial charge is 0.353 e. The van der Waals surface area contributed by atoms with Crippen molar-refractivity contribution >= 4 is 23.2 Å². The minimum Gasteiger partial charge on any atom is -0.353 e. The molecule has 1 aliphatic carbocycles. The highest BCUT2D eigenvalue weighted by atomic mass is 32.1. The first-order chi connectivity index (χ1) is 14.9. The van der Waals surface area contributed by atoms with Crippen LogP contribution in [0.3, 0.4) is 0 Å². The highest BCUT2D eigenvalue weighted by Gasteiger charge is 2.32. The Morgan fingerprint density at radius 3 is 2.35 bits per heavy atom. The van der Waals surface area contributed by atoms with Gasteiger partial charge in [-0.1, -0.05) is 49.6 Å². The number of rotatable bonds is 5. The Balaban J connectivity index is 1.35. The summed E-state index contributed by atoms with van der Waals surface area (Å²) in [5.41, 5.74) is 3.07. The van der Waals surface area contributed by atoms with Gasteiger partial charge in [-0.2, -0.15) is 0 Å². The number of nitrogens with one attached hydrogen (secondary N) is 1. The molecule has 2 aliphatic rings. The van der Waals surface area contributed by atoms with E-state index in [1.165, 1.54) is 29.7 Å². The third-order valence-electron chi connectivity index (χ3n) is 6.94. The lowest BCUT2D eigenvalue weighted by Gasteiger charge is -2.34. The molecule has 2 aromatic rings. The fraction of sp³-hybridized carbons (Fsp3) is 0.560. The number of aryl methyl sites for hydroxylation is 2. The maximum atomic E-state index is 13.2. The van der Waals surface area contributed by atoms with E-state index in [4.69, 9.17) is 0 Å². The van der Waals surface area contributed by atoms with Gasteiger partial charge in [0.2, 0.25) is 5.91 Å². The number of amides is 2. The van der Waals surface area contributed by atoms with Gasteiger partial charge in [-0.3, -0.25) is 9.59 Å². The summed E-state index contributed by atoms with van der Waals surface area (Å²) in [7, 11) is 0. The van der Waals surface area contributed by atoms with Gasteiger partial charge in [0, 0.05) is 30.6 Å². The van der Waals surface area contributed by atoms with Crippen molar-refractivity contribution in [2.24, 2.45) is 11.8 Å². The predicted molar refractivity (Wildman–Crippen MR) is 125 cm³/mol. The molecular formula is C25H33N3O2S. The van der Waals surface area contributed by atoms with Crippen LogP contribution in [-0.4, -0.2) is 40.8 Å². The summed E-state index contributed by atoms with van der Waals surface area (Å²) in [4.78, 5) is 33.2. The van der Waals surface area contributed by atoms with Crippen molar-refractivity contribution in [1.82, 2.24) is 15.2 Å². The summed E-state index contributed by atoms with van der Waals surface area (Å²) in [5, 5.41) is 4.14. The van der Waals surface area contributed by atoms with E-state index in [0.717, 1.165) is 46.8 Å². The van der Waals surface area contributed by atoms with Gasteiger partial charge in [0.15, 0.2) is 0 Å². The molecule has 5 nitrogen and oxygen atoms in total. The van der Waals surface area contributed by atoms with Crippen molar-refractivity contribution < 1.29 is 9.59 Å². The molecule has 2 heterocycles. The number of carbonyl (C=O) groups excluding carboxylic acids is 2. The number of hydrogen-bond acceptors (Lipinski definition) is 4.